The number of carbonyl (C=O) groups excluding carboxylic acids is 2. The fraction of sp³-hybridized carbons (Fsp3) is 0.333. The zero-order valence-electron chi connectivity index (χ0n) is 15.5. The average Bonchev–Trinajstić information content (AvgIpc) is 2.69. The molecule has 142 valence electrons. The summed E-state index contributed by atoms with van der Waals surface area (Å²) >= 11 is 0. The summed E-state index contributed by atoms with van der Waals surface area (Å²) in [7, 11) is 0. The first-order valence-electron chi connectivity index (χ1n) is 9.17. The van der Waals surface area contributed by atoms with Gasteiger partial charge in [-0.05, 0) is 17.7 Å². The van der Waals surface area contributed by atoms with Crippen LogP contribution in [0.2, 0.25) is 0 Å². The highest BCUT2D eigenvalue weighted by Crippen LogP contribution is 2.27. The molecule has 1 aliphatic rings. The molecule has 2 N–H and O–H groups in total. The lowest BCUT2D eigenvalue weighted by Gasteiger charge is -2.30. The highest BCUT2D eigenvalue weighted by Gasteiger charge is 2.19. The molecule has 2 aromatic rings. The van der Waals surface area contributed by atoms with Crippen molar-refractivity contribution >= 4 is 23.2 Å². The maximum Gasteiger partial charge on any atom is 0.226 e. The summed E-state index contributed by atoms with van der Waals surface area (Å²) in [6.07, 6.45) is 0.168. The molecule has 2 aromatic carbocycles. The molecule has 1 heterocycles. The van der Waals surface area contributed by atoms with Gasteiger partial charge in [-0.1, -0.05) is 42.5 Å². The summed E-state index contributed by atoms with van der Waals surface area (Å²) in [6, 6.07) is 16.9. The fourth-order valence-electron chi connectivity index (χ4n) is 3.23. The first-order valence-corrected chi connectivity index (χ1v) is 9.17. The third kappa shape index (κ3) is 5.31. The Morgan fingerprint density at radius 2 is 1.70 bits per heavy atom. The van der Waals surface area contributed by atoms with Crippen molar-refractivity contribution in [1.82, 2.24) is 5.32 Å². The van der Waals surface area contributed by atoms with Gasteiger partial charge >= 0.3 is 0 Å². The van der Waals surface area contributed by atoms with Crippen LogP contribution in [0.4, 0.5) is 11.4 Å². The number of ether oxygens (including phenoxy) is 1. The van der Waals surface area contributed by atoms with Gasteiger partial charge in [0.15, 0.2) is 0 Å². The molecule has 6 heteroatoms. The van der Waals surface area contributed by atoms with E-state index in [-0.39, 0.29) is 24.3 Å². The summed E-state index contributed by atoms with van der Waals surface area (Å²) in [5, 5.41) is 5.87. The number of anilines is 2. The number of morpholine rings is 1. The van der Waals surface area contributed by atoms with Gasteiger partial charge in [0.25, 0.3) is 0 Å². The van der Waals surface area contributed by atoms with Gasteiger partial charge in [-0.2, -0.15) is 0 Å². The van der Waals surface area contributed by atoms with Gasteiger partial charge in [0.1, 0.15) is 0 Å². The molecule has 1 atom stereocenters. The van der Waals surface area contributed by atoms with E-state index in [1.807, 2.05) is 54.6 Å². The molecule has 0 saturated carbocycles. The number of para-hydroxylation sites is 2. The molecule has 1 saturated heterocycles. The van der Waals surface area contributed by atoms with Crippen LogP contribution in [0.25, 0.3) is 0 Å². The first kappa shape index (κ1) is 18.9. The summed E-state index contributed by atoms with van der Waals surface area (Å²) in [6.45, 7) is 4.42. The van der Waals surface area contributed by atoms with Crippen LogP contribution >= 0.6 is 0 Å². The van der Waals surface area contributed by atoms with Crippen LogP contribution in [-0.2, 0) is 14.3 Å². The van der Waals surface area contributed by atoms with Crippen LogP contribution in [0.1, 0.15) is 24.9 Å². The fourth-order valence-corrected chi connectivity index (χ4v) is 3.23. The molecule has 27 heavy (non-hydrogen) atoms. The van der Waals surface area contributed by atoms with Gasteiger partial charge in [-0.25, -0.2) is 0 Å². The lowest BCUT2D eigenvalue weighted by molar-refractivity contribution is -0.120. The predicted molar refractivity (Wildman–Crippen MR) is 106 cm³/mol. The zero-order valence-corrected chi connectivity index (χ0v) is 15.5. The molecule has 0 radical (unpaired) electrons. The van der Waals surface area contributed by atoms with Crippen molar-refractivity contribution in [3.05, 3.63) is 60.2 Å². The molecule has 1 fully saturated rings. The predicted octanol–water partition coefficient (Wildman–Crippen LogP) is 2.73. The summed E-state index contributed by atoms with van der Waals surface area (Å²) in [5.41, 5.74) is 2.67. The number of amides is 2. The second-order valence-corrected chi connectivity index (χ2v) is 6.53. The maximum absolute atomic E-state index is 12.7. The minimum Gasteiger partial charge on any atom is -0.378 e. The quantitative estimate of drug-likeness (QED) is 0.824. The van der Waals surface area contributed by atoms with Gasteiger partial charge < -0.3 is 20.3 Å². The van der Waals surface area contributed by atoms with Gasteiger partial charge in [0.2, 0.25) is 11.8 Å². The highest BCUT2D eigenvalue weighted by molar-refractivity contribution is 5.95. The third-order valence-corrected chi connectivity index (χ3v) is 4.50. The van der Waals surface area contributed by atoms with Crippen LogP contribution in [0, 0.1) is 0 Å². The van der Waals surface area contributed by atoms with E-state index in [0.29, 0.717) is 13.2 Å². The molecule has 0 bridgehead atoms. The third-order valence-electron chi connectivity index (χ3n) is 4.50. The zero-order chi connectivity index (χ0) is 19.1. The molecule has 0 aromatic heterocycles. The van der Waals surface area contributed by atoms with Crippen molar-refractivity contribution in [1.29, 1.82) is 0 Å². The van der Waals surface area contributed by atoms with Gasteiger partial charge in [-0.15, -0.1) is 0 Å². The van der Waals surface area contributed by atoms with Crippen molar-refractivity contribution in [2.24, 2.45) is 0 Å². The van der Waals surface area contributed by atoms with E-state index in [1.165, 1.54) is 6.92 Å². The Morgan fingerprint density at radius 1 is 1.04 bits per heavy atom. The number of benzene rings is 2. The largest absolute Gasteiger partial charge is 0.378 e. The Labute approximate surface area is 159 Å². The van der Waals surface area contributed by atoms with Gasteiger partial charge in [0, 0.05) is 20.0 Å². The Morgan fingerprint density at radius 3 is 2.41 bits per heavy atom. The van der Waals surface area contributed by atoms with Crippen molar-refractivity contribution < 1.29 is 14.3 Å². The Kier molecular flexibility index (Phi) is 6.44. The number of hydrogen-bond acceptors (Lipinski definition) is 4. The molecule has 0 spiro atoms. The highest BCUT2D eigenvalue weighted by atomic mass is 16.5. The van der Waals surface area contributed by atoms with E-state index in [9.17, 15) is 9.59 Å². The van der Waals surface area contributed by atoms with Gasteiger partial charge in [0.05, 0.1) is 37.1 Å². The molecule has 0 aliphatic carbocycles. The van der Waals surface area contributed by atoms with Crippen molar-refractivity contribution in [2.45, 2.75) is 19.4 Å². The van der Waals surface area contributed by atoms with E-state index >= 15 is 0 Å². The number of hydrogen-bond donors (Lipinski definition) is 2. The smallest absolute Gasteiger partial charge is 0.226 e. The Bertz CT molecular complexity index is 773. The van der Waals surface area contributed by atoms with Crippen LogP contribution in [0.5, 0.6) is 0 Å². The van der Waals surface area contributed by atoms with Crippen LogP contribution < -0.4 is 15.5 Å². The SMILES string of the molecule is CC(=O)NC(CC(=O)Nc1ccccc1N1CCOCC1)c1ccccc1. The lowest BCUT2D eigenvalue weighted by Crippen LogP contribution is -2.37. The van der Waals surface area contributed by atoms with E-state index < -0.39 is 0 Å². The molecule has 2 amide bonds. The standard InChI is InChI=1S/C21H25N3O3/c1-16(25)22-19(17-7-3-2-4-8-17)15-21(26)23-18-9-5-6-10-20(18)24-11-13-27-14-12-24/h2-10,19H,11-15H2,1H3,(H,22,25)(H,23,26). The molecule has 3 rings (SSSR count). The lowest BCUT2D eigenvalue weighted by atomic mass is 10.0. The molecular weight excluding hydrogens is 342 g/mol. The Hall–Kier alpha value is -2.86. The minimum atomic E-state index is -0.362. The number of nitrogens with one attached hydrogen (secondary N) is 2. The summed E-state index contributed by atoms with van der Waals surface area (Å²) in [5.74, 6) is -0.302. The van der Waals surface area contributed by atoms with E-state index in [2.05, 4.69) is 15.5 Å². The van der Waals surface area contributed by atoms with Crippen molar-refractivity contribution in [3.63, 3.8) is 0 Å². The van der Waals surface area contributed by atoms with E-state index in [0.717, 1.165) is 30.0 Å². The number of nitrogens with zero attached hydrogens (tertiary/aromatic N) is 1. The normalized spacial score (nSPS) is 15.1. The average molecular weight is 367 g/mol. The second-order valence-electron chi connectivity index (χ2n) is 6.53. The van der Waals surface area contributed by atoms with Gasteiger partial charge in [-0.3, -0.25) is 9.59 Å². The molecule has 1 aliphatic heterocycles. The maximum atomic E-state index is 12.7. The number of carbonyl (C=O) groups is 2. The summed E-state index contributed by atoms with van der Waals surface area (Å²) < 4.78 is 5.41. The van der Waals surface area contributed by atoms with Crippen LogP contribution in [0.15, 0.2) is 54.6 Å². The van der Waals surface area contributed by atoms with Crippen LogP contribution in [-0.4, -0.2) is 38.1 Å². The van der Waals surface area contributed by atoms with E-state index in [4.69, 9.17) is 4.74 Å². The van der Waals surface area contributed by atoms with Crippen molar-refractivity contribution in [2.75, 3.05) is 36.5 Å². The Balaban J connectivity index is 1.71. The first-order chi connectivity index (χ1) is 13.1. The summed E-state index contributed by atoms with van der Waals surface area (Å²) in [4.78, 5) is 26.5. The molecular formula is C21H25N3O3. The monoisotopic (exact) mass is 367 g/mol. The molecule has 1 unspecified atom stereocenters. The minimum absolute atomic E-state index is 0.140. The van der Waals surface area contributed by atoms with Crippen LogP contribution in [0.3, 0.4) is 0 Å². The second kappa shape index (κ2) is 9.19. The topological polar surface area (TPSA) is 70.7 Å². The molecule has 6 nitrogen and oxygen atoms in total. The number of rotatable bonds is 6. The van der Waals surface area contributed by atoms with E-state index in [1.54, 1.807) is 0 Å². The van der Waals surface area contributed by atoms with Crippen molar-refractivity contribution in [3.8, 4) is 0 Å².